The zero-order chi connectivity index (χ0) is 13.2. The molecule has 2 rings (SSSR count). The van der Waals surface area contributed by atoms with Gasteiger partial charge in [0.1, 0.15) is 5.60 Å². The fourth-order valence-corrected chi connectivity index (χ4v) is 2.39. The molecule has 0 aromatic rings. The summed E-state index contributed by atoms with van der Waals surface area (Å²) in [5.74, 6) is -0.413. The number of carbonyl (C=O) groups excluding carboxylic acids is 2. The molecule has 0 bridgehead atoms. The van der Waals surface area contributed by atoms with Gasteiger partial charge in [0, 0.05) is 39.1 Å². The lowest BCUT2D eigenvalue weighted by Crippen LogP contribution is -2.45. The van der Waals surface area contributed by atoms with Crippen LogP contribution in [0.4, 0.5) is 0 Å². The average molecular weight is 256 g/mol. The van der Waals surface area contributed by atoms with Gasteiger partial charge in [0.15, 0.2) is 0 Å². The van der Waals surface area contributed by atoms with Gasteiger partial charge in [0.05, 0.1) is 12.5 Å². The van der Waals surface area contributed by atoms with Crippen LogP contribution < -0.4 is 5.32 Å². The van der Waals surface area contributed by atoms with E-state index < -0.39 is 5.60 Å². The first kappa shape index (κ1) is 13.3. The second kappa shape index (κ2) is 5.24. The molecule has 2 fully saturated rings. The van der Waals surface area contributed by atoms with Gasteiger partial charge >= 0.3 is 0 Å². The van der Waals surface area contributed by atoms with Gasteiger partial charge in [-0.2, -0.15) is 0 Å². The van der Waals surface area contributed by atoms with Crippen LogP contribution in [0.5, 0.6) is 0 Å². The van der Waals surface area contributed by atoms with E-state index in [2.05, 4.69) is 5.32 Å². The van der Waals surface area contributed by atoms with E-state index in [0.29, 0.717) is 26.1 Å². The minimum absolute atomic E-state index is 0.0283. The third kappa shape index (κ3) is 2.81. The van der Waals surface area contributed by atoms with E-state index in [9.17, 15) is 14.7 Å². The Hall–Kier alpha value is -1.14. The predicted molar refractivity (Wildman–Crippen MR) is 63.8 cm³/mol. The Morgan fingerprint density at radius 3 is 3.00 bits per heavy atom. The highest BCUT2D eigenvalue weighted by atomic mass is 16.5. The highest BCUT2D eigenvalue weighted by molar-refractivity contribution is 5.89. The molecular formula is C12H20N2O4. The Morgan fingerprint density at radius 1 is 1.67 bits per heavy atom. The number of hydrogen-bond donors (Lipinski definition) is 2. The van der Waals surface area contributed by atoms with Crippen LogP contribution in [-0.4, -0.2) is 60.3 Å². The quantitative estimate of drug-likeness (QED) is 0.685. The van der Waals surface area contributed by atoms with Crippen molar-refractivity contribution in [3.05, 3.63) is 0 Å². The van der Waals surface area contributed by atoms with Crippen molar-refractivity contribution in [2.75, 3.05) is 32.8 Å². The van der Waals surface area contributed by atoms with Gasteiger partial charge in [-0.3, -0.25) is 9.59 Å². The van der Waals surface area contributed by atoms with Gasteiger partial charge in [-0.25, -0.2) is 0 Å². The van der Waals surface area contributed by atoms with Gasteiger partial charge in [0.25, 0.3) is 0 Å². The number of amides is 2. The first-order valence-corrected chi connectivity index (χ1v) is 6.40. The van der Waals surface area contributed by atoms with E-state index in [1.165, 1.54) is 0 Å². The molecule has 2 aliphatic rings. The summed E-state index contributed by atoms with van der Waals surface area (Å²) in [5.41, 5.74) is -0.942. The summed E-state index contributed by atoms with van der Waals surface area (Å²) < 4.78 is 5.11. The fraction of sp³-hybridized carbons (Fsp3) is 0.833. The summed E-state index contributed by atoms with van der Waals surface area (Å²) in [6.45, 7) is 4.01. The van der Waals surface area contributed by atoms with Crippen LogP contribution >= 0.6 is 0 Å². The number of hydrogen-bond acceptors (Lipinski definition) is 4. The van der Waals surface area contributed by atoms with Gasteiger partial charge in [-0.05, 0) is 6.92 Å². The fourth-order valence-electron chi connectivity index (χ4n) is 2.39. The number of ether oxygens (including phenoxy) is 1. The second-order valence-corrected chi connectivity index (χ2v) is 5.08. The molecule has 2 N–H and O–H groups in total. The van der Waals surface area contributed by atoms with Gasteiger partial charge in [0.2, 0.25) is 11.8 Å². The minimum Gasteiger partial charge on any atom is -0.386 e. The first-order valence-electron chi connectivity index (χ1n) is 6.40. The molecule has 0 saturated carbocycles. The molecule has 0 aromatic heterocycles. The molecule has 2 heterocycles. The van der Waals surface area contributed by atoms with E-state index in [-0.39, 0.29) is 37.3 Å². The van der Waals surface area contributed by atoms with Crippen molar-refractivity contribution in [1.29, 1.82) is 0 Å². The lowest BCUT2D eigenvalue weighted by molar-refractivity contribution is -0.129. The lowest BCUT2D eigenvalue weighted by Gasteiger charge is -2.21. The molecule has 0 spiro atoms. The van der Waals surface area contributed by atoms with Crippen molar-refractivity contribution in [2.24, 2.45) is 5.92 Å². The number of nitrogens with one attached hydrogen (secondary N) is 1. The molecule has 2 unspecified atom stereocenters. The monoisotopic (exact) mass is 256 g/mol. The summed E-state index contributed by atoms with van der Waals surface area (Å²) in [5, 5.41) is 12.7. The third-order valence-corrected chi connectivity index (χ3v) is 3.64. The van der Waals surface area contributed by atoms with Gasteiger partial charge in [-0.15, -0.1) is 0 Å². The molecule has 2 aliphatic heterocycles. The molecule has 0 radical (unpaired) electrons. The van der Waals surface area contributed by atoms with Crippen molar-refractivity contribution < 1.29 is 19.4 Å². The van der Waals surface area contributed by atoms with Crippen LogP contribution in [0, 0.1) is 5.92 Å². The molecular weight excluding hydrogens is 236 g/mol. The maximum Gasteiger partial charge on any atom is 0.225 e. The highest BCUT2D eigenvalue weighted by Gasteiger charge is 2.36. The summed E-state index contributed by atoms with van der Waals surface area (Å²) >= 11 is 0. The van der Waals surface area contributed by atoms with Crippen molar-refractivity contribution in [2.45, 2.75) is 25.4 Å². The highest BCUT2D eigenvalue weighted by Crippen LogP contribution is 2.19. The molecule has 0 aliphatic carbocycles. The number of likely N-dealkylation sites (tertiary alicyclic amines) is 1. The topological polar surface area (TPSA) is 78.9 Å². The molecule has 18 heavy (non-hydrogen) atoms. The van der Waals surface area contributed by atoms with Crippen LogP contribution in [0.2, 0.25) is 0 Å². The zero-order valence-electron chi connectivity index (χ0n) is 10.6. The van der Waals surface area contributed by atoms with Crippen LogP contribution in [0.15, 0.2) is 0 Å². The van der Waals surface area contributed by atoms with Crippen molar-refractivity contribution in [1.82, 2.24) is 10.2 Å². The molecule has 6 heteroatoms. The Kier molecular flexibility index (Phi) is 3.87. The van der Waals surface area contributed by atoms with Gasteiger partial charge in [-0.1, -0.05) is 0 Å². The number of aliphatic hydroxyl groups is 1. The largest absolute Gasteiger partial charge is 0.386 e. The third-order valence-electron chi connectivity index (χ3n) is 3.64. The van der Waals surface area contributed by atoms with E-state index in [1.54, 1.807) is 4.90 Å². The van der Waals surface area contributed by atoms with Crippen molar-refractivity contribution >= 4 is 11.8 Å². The second-order valence-electron chi connectivity index (χ2n) is 5.08. The summed E-state index contributed by atoms with van der Waals surface area (Å²) in [7, 11) is 0. The normalized spacial score (nSPS) is 32.0. The number of rotatable bonds is 4. The van der Waals surface area contributed by atoms with E-state index in [1.807, 2.05) is 6.92 Å². The molecule has 6 nitrogen and oxygen atoms in total. The lowest BCUT2D eigenvalue weighted by atomic mass is 10.0. The van der Waals surface area contributed by atoms with Crippen LogP contribution in [0.25, 0.3) is 0 Å². The predicted octanol–water partition coefficient (Wildman–Crippen LogP) is -0.878. The number of carbonyl (C=O) groups is 2. The standard InChI is InChI=1S/C12H20N2O4/c1-2-14-6-9(5-10(14)15)11(16)13-7-12(17)3-4-18-8-12/h9,17H,2-8H2,1H3,(H,13,16). The van der Waals surface area contributed by atoms with Crippen LogP contribution in [0.1, 0.15) is 19.8 Å². The zero-order valence-corrected chi connectivity index (χ0v) is 10.6. The van der Waals surface area contributed by atoms with Crippen LogP contribution in [0.3, 0.4) is 0 Å². The molecule has 102 valence electrons. The smallest absolute Gasteiger partial charge is 0.225 e. The Balaban J connectivity index is 1.80. The summed E-state index contributed by atoms with van der Waals surface area (Å²) in [4.78, 5) is 25.1. The van der Waals surface area contributed by atoms with Crippen LogP contribution in [-0.2, 0) is 14.3 Å². The summed E-state index contributed by atoms with van der Waals surface area (Å²) in [6, 6.07) is 0. The van der Waals surface area contributed by atoms with Crippen molar-refractivity contribution in [3.8, 4) is 0 Å². The molecule has 2 atom stereocenters. The first-order chi connectivity index (χ1) is 8.54. The molecule has 0 aromatic carbocycles. The van der Waals surface area contributed by atoms with E-state index in [0.717, 1.165) is 0 Å². The van der Waals surface area contributed by atoms with E-state index >= 15 is 0 Å². The Bertz CT molecular complexity index is 339. The van der Waals surface area contributed by atoms with Gasteiger partial charge < -0.3 is 20.1 Å². The summed E-state index contributed by atoms with van der Waals surface area (Å²) in [6.07, 6.45) is 0.812. The maximum absolute atomic E-state index is 11.9. The number of nitrogens with zero attached hydrogens (tertiary/aromatic N) is 1. The average Bonchev–Trinajstić information content (AvgIpc) is 2.93. The maximum atomic E-state index is 11.9. The Morgan fingerprint density at radius 2 is 2.44 bits per heavy atom. The van der Waals surface area contributed by atoms with Crippen molar-refractivity contribution in [3.63, 3.8) is 0 Å². The Labute approximate surface area is 106 Å². The molecule has 2 amide bonds. The molecule has 2 saturated heterocycles. The minimum atomic E-state index is -0.942. The SMILES string of the molecule is CCN1CC(C(=O)NCC2(O)CCOC2)CC1=O. The van der Waals surface area contributed by atoms with E-state index in [4.69, 9.17) is 4.74 Å².